The molecule has 1 aliphatic heterocycles. The summed E-state index contributed by atoms with van der Waals surface area (Å²) < 4.78 is 5.55. The Morgan fingerprint density at radius 3 is 3.10 bits per heavy atom. The standard InChI is InChI=1S/C14H17NO4S/c1-2-11-8-15(5-6-19-11)14(18)10-7-12(20-9-10)3-4-13(16)17/h3-4,7,9,11H,2,5-6,8H2,1H3,(H,16,17). The highest BCUT2D eigenvalue weighted by molar-refractivity contribution is 7.11. The molecule has 20 heavy (non-hydrogen) atoms. The van der Waals surface area contributed by atoms with Crippen molar-refractivity contribution in [2.45, 2.75) is 19.4 Å². The largest absolute Gasteiger partial charge is 0.478 e. The zero-order chi connectivity index (χ0) is 14.5. The van der Waals surface area contributed by atoms with Crippen LogP contribution in [0.3, 0.4) is 0 Å². The van der Waals surface area contributed by atoms with Gasteiger partial charge in [-0.15, -0.1) is 11.3 Å². The summed E-state index contributed by atoms with van der Waals surface area (Å²) in [4.78, 5) is 25.4. The summed E-state index contributed by atoms with van der Waals surface area (Å²) >= 11 is 1.36. The predicted octanol–water partition coefficient (Wildman–Crippen LogP) is 2.10. The number of carbonyl (C=O) groups excluding carboxylic acids is 1. The van der Waals surface area contributed by atoms with E-state index in [2.05, 4.69) is 0 Å². The molecule has 1 unspecified atom stereocenters. The maximum atomic E-state index is 12.3. The molecule has 0 aromatic carbocycles. The molecule has 0 spiro atoms. The van der Waals surface area contributed by atoms with Gasteiger partial charge in [-0.2, -0.15) is 0 Å². The van der Waals surface area contributed by atoms with E-state index in [4.69, 9.17) is 9.84 Å². The normalized spacial score (nSPS) is 19.4. The Labute approximate surface area is 121 Å². The van der Waals surface area contributed by atoms with Crippen molar-refractivity contribution in [1.82, 2.24) is 4.90 Å². The molecule has 2 rings (SSSR count). The van der Waals surface area contributed by atoms with Gasteiger partial charge in [-0.25, -0.2) is 4.79 Å². The van der Waals surface area contributed by atoms with Crippen molar-refractivity contribution in [2.75, 3.05) is 19.7 Å². The molecule has 1 atom stereocenters. The van der Waals surface area contributed by atoms with Gasteiger partial charge in [0.05, 0.1) is 18.3 Å². The van der Waals surface area contributed by atoms with Crippen molar-refractivity contribution >= 4 is 29.3 Å². The van der Waals surface area contributed by atoms with Gasteiger partial charge in [0.15, 0.2) is 0 Å². The third kappa shape index (κ3) is 3.68. The van der Waals surface area contributed by atoms with Gasteiger partial charge in [0.2, 0.25) is 0 Å². The number of ether oxygens (including phenoxy) is 1. The number of morpholine rings is 1. The van der Waals surface area contributed by atoms with Crippen LogP contribution in [0.4, 0.5) is 0 Å². The van der Waals surface area contributed by atoms with Crippen molar-refractivity contribution in [3.05, 3.63) is 28.0 Å². The van der Waals surface area contributed by atoms with Gasteiger partial charge in [0.1, 0.15) is 0 Å². The Morgan fingerprint density at radius 1 is 1.60 bits per heavy atom. The van der Waals surface area contributed by atoms with Gasteiger partial charge >= 0.3 is 5.97 Å². The van der Waals surface area contributed by atoms with Crippen LogP contribution in [0.1, 0.15) is 28.6 Å². The number of amides is 1. The van der Waals surface area contributed by atoms with Crippen LogP contribution in [-0.4, -0.2) is 47.7 Å². The van der Waals surface area contributed by atoms with E-state index in [1.165, 1.54) is 17.4 Å². The van der Waals surface area contributed by atoms with Crippen molar-refractivity contribution in [3.8, 4) is 0 Å². The third-order valence-electron chi connectivity index (χ3n) is 3.14. The smallest absolute Gasteiger partial charge is 0.328 e. The number of carboxylic acids is 1. The highest BCUT2D eigenvalue weighted by Crippen LogP contribution is 2.19. The number of thiophene rings is 1. The van der Waals surface area contributed by atoms with Gasteiger partial charge in [-0.1, -0.05) is 6.92 Å². The first-order valence-electron chi connectivity index (χ1n) is 6.50. The van der Waals surface area contributed by atoms with Crippen molar-refractivity contribution in [1.29, 1.82) is 0 Å². The van der Waals surface area contributed by atoms with Crippen LogP contribution in [-0.2, 0) is 9.53 Å². The summed E-state index contributed by atoms with van der Waals surface area (Å²) in [6, 6.07) is 1.73. The number of aliphatic carboxylic acids is 1. The van der Waals surface area contributed by atoms with Crippen LogP contribution in [0.5, 0.6) is 0 Å². The van der Waals surface area contributed by atoms with Crippen molar-refractivity contribution in [3.63, 3.8) is 0 Å². The average molecular weight is 295 g/mol. The second kappa shape index (κ2) is 6.67. The van der Waals surface area contributed by atoms with E-state index < -0.39 is 5.97 Å². The van der Waals surface area contributed by atoms with Crippen molar-refractivity contribution in [2.24, 2.45) is 0 Å². The minimum absolute atomic E-state index is 0.0158. The molecule has 5 nitrogen and oxygen atoms in total. The fourth-order valence-electron chi connectivity index (χ4n) is 2.04. The maximum absolute atomic E-state index is 12.3. The molecule has 1 aromatic rings. The lowest BCUT2D eigenvalue weighted by atomic mass is 10.2. The average Bonchev–Trinajstić information content (AvgIpc) is 2.93. The summed E-state index contributed by atoms with van der Waals surface area (Å²) in [6.45, 7) is 3.83. The number of carbonyl (C=O) groups is 2. The van der Waals surface area contributed by atoms with Crippen LogP contribution in [0.2, 0.25) is 0 Å². The Balaban J connectivity index is 2.04. The second-order valence-electron chi connectivity index (χ2n) is 4.56. The Kier molecular flexibility index (Phi) is 4.92. The van der Waals surface area contributed by atoms with E-state index in [1.54, 1.807) is 16.3 Å². The topological polar surface area (TPSA) is 66.8 Å². The highest BCUT2D eigenvalue weighted by atomic mass is 32.1. The van der Waals surface area contributed by atoms with E-state index in [0.29, 0.717) is 25.3 Å². The zero-order valence-electron chi connectivity index (χ0n) is 11.2. The van der Waals surface area contributed by atoms with Crippen LogP contribution in [0, 0.1) is 0 Å². The molecule has 0 radical (unpaired) electrons. The molecule has 1 aromatic heterocycles. The van der Waals surface area contributed by atoms with Crippen LogP contribution in [0.15, 0.2) is 17.5 Å². The first kappa shape index (κ1) is 14.7. The van der Waals surface area contributed by atoms with E-state index in [1.807, 2.05) is 6.92 Å². The van der Waals surface area contributed by atoms with Crippen LogP contribution >= 0.6 is 11.3 Å². The molecular weight excluding hydrogens is 278 g/mol. The first-order chi connectivity index (χ1) is 9.60. The Bertz CT molecular complexity index is 523. The molecule has 2 heterocycles. The van der Waals surface area contributed by atoms with E-state index in [9.17, 15) is 9.59 Å². The lowest BCUT2D eigenvalue weighted by molar-refractivity contribution is -0.131. The fraction of sp³-hybridized carbons (Fsp3) is 0.429. The molecule has 1 aliphatic rings. The van der Waals surface area contributed by atoms with E-state index in [-0.39, 0.29) is 12.0 Å². The van der Waals surface area contributed by atoms with Crippen LogP contribution in [0.25, 0.3) is 6.08 Å². The molecule has 0 bridgehead atoms. The highest BCUT2D eigenvalue weighted by Gasteiger charge is 2.24. The number of rotatable bonds is 4. The van der Waals surface area contributed by atoms with E-state index >= 15 is 0 Å². The minimum Gasteiger partial charge on any atom is -0.478 e. The fourth-order valence-corrected chi connectivity index (χ4v) is 2.81. The minimum atomic E-state index is -0.995. The summed E-state index contributed by atoms with van der Waals surface area (Å²) in [5, 5.41) is 10.3. The molecule has 1 fully saturated rings. The molecule has 0 aliphatic carbocycles. The van der Waals surface area contributed by atoms with Gasteiger partial charge in [-0.05, 0) is 18.6 Å². The molecule has 108 valence electrons. The van der Waals surface area contributed by atoms with Gasteiger partial charge in [0, 0.05) is 29.4 Å². The molecule has 0 saturated carbocycles. The Morgan fingerprint density at radius 2 is 2.40 bits per heavy atom. The van der Waals surface area contributed by atoms with Gasteiger partial charge in [-0.3, -0.25) is 4.79 Å². The summed E-state index contributed by atoms with van der Waals surface area (Å²) in [5.74, 6) is -1.01. The SMILES string of the molecule is CCC1CN(C(=O)c2csc(C=CC(=O)O)c2)CCO1. The van der Waals surface area contributed by atoms with E-state index in [0.717, 1.165) is 17.4 Å². The second-order valence-corrected chi connectivity index (χ2v) is 5.50. The van der Waals surface area contributed by atoms with Crippen LogP contribution < -0.4 is 0 Å². The van der Waals surface area contributed by atoms with Crippen molar-refractivity contribution < 1.29 is 19.4 Å². The summed E-state index contributed by atoms with van der Waals surface area (Å²) in [7, 11) is 0. The number of hydrogen-bond donors (Lipinski definition) is 1. The zero-order valence-corrected chi connectivity index (χ0v) is 12.1. The lowest BCUT2D eigenvalue weighted by Crippen LogP contribution is -2.45. The lowest BCUT2D eigenvalue weighted by Gasteiger charge is -2.32. The number of carboxylic acid groups (broad SMARTS) is 1. The molecular formula is C14H17NO4S. The third-order valence-corrected chi connectivity index (χ3v) is 4.04. The predicted molar refractivity (Wildman–Crippen MR) is 76.9 cm³/mol. The quantitative estimate of drug-likeness (QED) is 0.864. The number of nitrogens with zero attached hydrogens (tertiary/aromatic N) is 1. The first-order valence-corrected chi connectivity index (χ1v) is 7.38. The molecule has 1 N–H and O–H groups in total. The van der Waals surface area contributed by atoms with Gasteiger partial charge < -0.3 is 14.7 Å². The summed E-state index contributed by atoms with van der Waals surface area (Å²) in [6.07, 6.45) is 3.57. The Hall–Kier alpha value is -1.66. The monoisotopic (exact) mass is 295 g/mol. The maximum Gasteiger partial charge on any atom is 0.328 e. The van der Waals surface area contributed by atoms with Gasteiger partial charge in [0.25, 0.3) is 5.91 Å². The summed E-state index contributed by atoms with van der Waals surface area (Å²) in [5.41, 5.74) is 0.608. The molecule has 1 saturated heterocycles. The molecule has 6 heteroatoms. The molecule has 1 amide bonds. The number of hydrogen-bond acceptors (Lipinski definition) is 4.